The average molecular weight is 445 g/mol. The summed E-state index contributed by atoms with van der Waals surface area (Å²) >= 11 is 5.91. The van der Waals surface area contributed by atoms with Gasteiger partial charge in [0.15, 0.2) is 0 Å². The van der Waals surface area contributed by atoms with E-state index in [9.17, 15) is 18.5 Å². The molecule has 0 aromatic heterocycles. The summed E-state index contributed by atoms with van der Waals surface area (Å²) in [5.74, 6) is -0.547. The number of piperazine rings is 1. The molecule has 2 aromatic carbocycles. The summed E-state index contributed by atoms with van der Waals surface area (Å²) in [5.41, 5.74) is 1.41. The lowest BCUT2D eigenvalue weighted by Crippen LogP contribution is -2.46. The molecule has 3 rings (SSSR count). The van der Waals surface area contributed by atoms with Gasteiger partial charge in [-0.1, -0.05) is 35.4 Å². The second kappa shape index (κ2) is 9.30. The van der Waals surface area contributed by atoms with Gasteiger partial charge in [-0.2, -0.15) is 9.57 Å². The van der Waals surface area contributed by atoms with Gasteiger partial charge in [-0.25, -0.2) is 8.42 Å². The standard InChI is InChI=1S/C21H21ClN4O3S/c1-16-5-7-20(8-6-16)30(28,29)26-11-9-25(10-12-26)15-17(14-23)21(27)24-19-4-2-3-18(22)13-19/h2-8,13,15H,9-12H2,1H3,(H,24,27)/b17-15-. The molecule has 1 heterocycles. The summed E-state index contributed by atoms with van der Waals surface area (Å²) in [6, 6.07) is 15.3. The zero-order valence-corrected chi connectivity index (χ0v) is 17.9. The van der Waals surface area contributed by atoms with Gasteiger partial charge in [0.1, 0.15) is 11.6 Å². The Kier molecular flexibility index (Phi) is 6.77. The monoisotopic (exact) mass is 444 g/mol. The molecule has 0 spiro atoms. The van der Waals surface area contributed by atoms with E-state index in [2.05, 4.69) is 5.32 Å². The number of carbonyl (C=O) groups excluding carboxylic acids is 1. The van der Waals surface area contributed by atoms with Gasteiger partial charge in [-0.3, -0.25) is 4.79 Å². The van der Waals surface area contributed by atoms with Gasteiger partial charge in [0.05, 0.1) is 4.90 Å². The van der Waals surface area contributed by atoms with Gasteiger partial charge in [-0.15, -0.1) is 0 Å². The number of aryl methyl sites for hydroxylation is 1. The van der Waals surface area contributed by atoms with Gasteiger partial charge >= 0.3 is 0 Å². The second-order valence-corrected chi connectivity index (χ2v) is 9.25. The van der Waals surface area contributed by atoms with Crippen LogP contribution in [0.3, 0.4) is 0 Å². The Bertz CT molecular complexity index is 1100. The van der Waals surface area contributed by atoms with E-state index in [0.717, 1.165) is 5.56 Å². The highest BCUT2D eigenvalue weighted by Gasteiger charge is 2.28. The summed E-state index contributed by atoms with van der Waals surface area (Å²) in [7, 11) is -3.57. The lowest BCUT2D eigenvalue weighted by molar-refractivity contribution is -0.112. The SMILES string of the molecule is Cc1ccc(S(=O)(=O)N2CCN(/C=C(/C#N)C(=O)Nc3cccc(Cl)c3)CC2)cc1. The Morgan fingerprint density at radius 1 is 1.13 bits per heavy atom. The number of halogens is 1. The van der Waals surface area contributed by atoms with Crippen molar-refractivity contribution >= 4 is 33.2 Å². The van der Waals surface area contributed by atoms with E-state index < -0.39 is 15.9 Å². The van der Waals surface area contributed by atoms with Crippen LogP contribution in [0.2, 0.25) is 5.02 Å². The van der Waals surface area contributed by atoms with E-state index in [0.29, 0.717) is 23.8 Å². The van der Waals surface area contributed by atoms with Crippen molar-refractivity contribution in [3.05, 3.63) is 70.9 Å². The van der Waals surface area contributed by atoms with Crippen LogP contribution in [0.5, 0.6) is 0 Å². The minimum atomic E-state index is -3.57. The Morgan fingerprint density at radius 2 is 1.80 bits per heavy atom. The van der Waals surface area contributed by atoms with E-state index >= 15 is 0 Å². The van der Waals surface area contributed by atoms with Gasteiger partial charge < -0.3 is 10.2 Å². The van der Waals surface area contributed by atoms with Crippen molar-refractivity contribution in [3.63, 3.8) is 0 Å². The molecule has 9 heteroatoms. The van der Waals surface area contributed by atoms with Gasteiger partial charge in [0, 0.05) is 43.1 Å². The number of nitrogens with one attached hydrogen (secondary N) is 1. The predicted molar refractivity (Wildman–Crippen MR) is 115 cm³/mol. The summed E-state index contributed by atoms with van der Waals surface area (Å²) in [4.78, 5) is 14.4. The van der Waals surface area contributed by atoms with Crippen LogP contribution in [0.1, 0.15) is 5.56 Å². The maximum Gasteiger partial charge on any atom is 0.267 e. The number of hydrogen-bond acceptors (Lipinski definition) is 5. The van der Waals surface area contributed by atoms with E-state index in [4.69, 9.17) is 11.6 Å². The number of benzene rings is 2. The Morgan fingerprint density at radius 3 is 2.40 bits per heavy atom. The average Bonchev–Trinajstić information content (AvgIpc) is 2.72. The van der Waals surface area contributed by atoms with Crippen molar-refractivity contribution in [1.82, 2.24) is 9.21 Å². The third kappa shape index (κ3) is 5.19. The largest absolute Gasteiger partial charge is 0.373 e. The molecule has 1 saturated heterocycles. The van der Waals surface area contributed by atoms with Crippen LogP contribution < -0.4 is 5.32 Å². The molecule has 1 N–H and O–H groups in total. The maximum atomic E-state index is 12.8. The highest BCUT2D eigenvalue weighted by Crippen LogP contribution is 2.19. The summed E-state index contributed by atoms with van der Waals surface area (Å²) in [6.45, 7) is 3.18. The minimum absolute atomic E-state index is 0.0650. The fourth-order valence-electron chi connectivity index (χ4n) is 3.02. The van der Waals surface area contributed by atoms with E-state index in [1.165, 1.54) is 10.5 Å². The fourth-order valence-corrected chi connectivity index (χ4v) is 4.63. The van der Waals surface area contributed by atoms with E-state index in [1.807, 2.05) is 13.0 Å². The molecule has 156 valence electrons. The smallest absolute Gasteiger partial charge is 0.267 e. The Balaban J connectivity index is 1.64. The molecule has 0 atom stereocenters. The molecule has 1 aliphatic rings. The first-order valence-electron chi connectivity index (χ1n) is 9.29. The van der Waals surface area contributed by atoms with Gasteiger partial charge in [-0.05, 0) is 37.3 Å². The molecule has 0 radical (unpaired) electrons. The van der Waals surface area contributed by atoms with Crippen molar-refractivity contribution in [1.29, 1.82) is 5.26 Å². The first-order valence-corrected chi connectivity index (χ1v) is 11.1. The van der Waals surface area contributed by atoms with Crippen LogP contribution in [-0.4, -0.2) is 49.7 Å². The molecule has 2 aromatic rings. The minimum Gasteiger partial charge on any atom is -0.373 e. The van der Waals surface area contributed by atoms with Crippen molar-refractivity contribution in [2.24, 2.45) is 0 Å². The summed E-state index contributed by atoms with van der Waals surface area (Å²) in [5, 5.41) is 12.5. The molecule has 0 bridgehead atoms. The van der Waals surface area contributed by atoms with Crippen molar-refractivity contribution < 1.29 is 13.2 Å². The van der Waals surface area contributed by atoms with Crippen LogP contribution in [0.25, 0.3) is 0 Å². The fraction of sp³-hybridized carbons (Fsp3) is 0.238. The zero-order chi connectivity index (χ0) is 21.7. The molecule has 1 amide bonds. The third-order valence-electron chi connectivity index (χ3n) is 4.69. The van der Waals surface area contributed by atoms with Crippen LogP contribution in [-0.2, 0) is 14.8 Å². The number of nitrogens with zero attached hydrogens (tertiary/aromatic N) is 3. The van der Waals surface area contributed by atoms with Crippen molar-refractivity contribution in [3.8, 4) is 6.07 Å². The number of carbonyl (C=O) groups is 1. The van der Waals surface area contributed by atoms with E-state index in [-0.39, 0.29) is 23.6 Å². The zero-order valence-electron chi connectivity index (χ0n) is 16.4. The Labute approximate surface area is 181 Å². The molecule has 0 aliphatic carbocycles. The quantitative estimate of drug-likeness (QED) is 0.565. The van der Waals surface area contributed by atoms with Gasteiger partial charge in [0.2, 0.25) is 10.0 Å². The number of anilines is 1. The summed E-state index contributed by atoms with van der Waals surface area (Å²) < 4.78 is 27.0. The normalized spacial score (nSPS) is 15.5. The van der Waals surface area contributed by atoms with Crippen LogP contribution >= 0.6 is 11.6 Å². The highest BCUT2D eigenvalue weighted by atomic mass is 35.5. The van der Waals surface area contributed by atoms with Crippen molar-refractivity contribution in [2.75, 3.05) is 31.5 Å². The van der Waals surface area contributed by atoms with Crippen molar-refractivity contribution in [2.45, 2.75) is 11.8 Å². The number of rotatable bonds is 5. The molecule has 0 unspecified atom stereocenters. The maximum absolute atomic E-state index is 12.8. The molecule has 0 saturated carbocycles. The first kappa shape index (κ1) is 21.8. The first-order chi connectivity index (χ1) is 14.3. The summed E-state index contributed by atoms with van der Waals surface area (Å²) in [6.07, 6.45) is 1.47. The molecular formula is C21H21ClN4O3S. The third-order valence-corrected chi connectivity index (χ3v) is 6.84. The number of sulfonamides is 1. The van der Waals surface area contributed by atoms with Crippen LogP contribution in [0, 0.1) is 18.3 Å². The number of hydrogen-bond donors (Lipinski definition) is 1. The van der Waals surface area contributed by atoms with Crippen LogP contribution in [0.15, 0.2) is 65.2 Å². The molecule has 7 nitrogen and oxygen atoms in total. The Hall–Kier alpha value is -2.86. The second-order valence-electron chi connectivity index (χ2n) is 6.87. The topological polar surface area (TPSA) is 93.5 Å². The molecular weight excluding hydrogens is 424 g/mol. The van der Waals surface area contributed by atoms with Crippen LogP contribution in [0.4, 0.5) is 5.69 Å². The van der Waals surface area contributed by atoms with Gasteiger partial charge in [0.25, 0.3) is 5.91 Å². The molecule has 1 aliphatic heterocycles. The predicted octanol–water partition coefficient (Wildman–Crippen LogP) is 3.00. The lowest BCUT2D eigenvalue weighted by Gasteiger charge is -2.33. The molecule has 30 heavy (non-hydrogen) atoms. The highest BCUT2D eigenvalue weighted by molar-refractivity contribution is 7.89. The van der Waals surface area contributed by atoms with E-state index in [1.54, 1.807) is 53.4 Å². The molecule has 1 fully saturated rings. The lowest BCUT2D eigenvalue weighted by atomic mass is 10.2. The number of amides is 1. The number of nitriles is 1.